The molecule has 2 rings (SSSR count). The summed E-state index contributed by atoms with van der Waals surface area (Å²) in [5.41, 5.74) is -0.242. The molecular formula is C12H11BrFNO2. The van der Waals surface area contributed by atoms with E-state index in [0.29, 0.717) is 18.4 Å². The molecule has 3 nitrogen and oxygen atoms in total. The fourth-order valence-electron chi connectivity index (χ4n) is 2.40. The zero-order chi connectivity index (χ0) is 12.5. The van der Waals surface area contributed by atoms with Crippen molar-refractivity contribution in [3.05, 3.63) is 28.0 Å². The highest BCUT2D eigenvalue weighted by atomic mass is 79.9. The van der Waals surface area contributed by atoms with Gasteiger partial charge >= 0.3 is 0 Å². The van der Waals surface area contributed by atoms with Crippen molar-refractivity contribution in [1.82, 2.24) is 0 Å². The molecule has 1 aliphatic rings. The minimum atomic E-state index is -0.734. The van der Waals surface area contributed by atoms with Crippen LogP contribution in [0.2, 0.25) is 0 Å². The van der Waals surface area contributed by atoms with Crippen LogP contribution in [0, 0.1) is 5.82 Å². The molecule has 0 spiro atoms. The average molecular weight is 300 g/mol. The van der Waals surface area contributed by atoms with Crippen LogP contribution in [-0.4, -0.2) is 11.2 Å². The summed E-state index contributed by atoms with van der Waals surface area (Å²) in [6.07, 6.45) is 4.77. The molecule has 1 aromatic rings. The van der Waals surface area contributed by atoms with E-state index in [4.69, 9.17) is 0 Å². The highest BCUT2D eigenvalue weighted by molar-refractivity contribution is 9.10. The van der Waals surface area contributed by atoms with Gasteiger partial charge in [0.05, 0.1) is 4.47 Å². The number of hydrogen-bond donors (Lipinski definition) is 1. The summed E-state index contributed by atoms with van der Waals surface area (Å²) in [5.74, 6) is -0.693. The first kappa shape index (κ1) is 12.3. The standard InChI is InChI=1S/C12H11BrFNO2/c13-9-5-8(11(17)6-10(9)14)12(15-7-16)3-1-2-4-12/h5-6,17H,1-4H2. The summed E-state index contributed by atoms with van der Waals surface area (Å²) in [6, 6.07) is 2.54. The van der Waals surface area contributed by atoms with Gasteiger partial charge in [-0.15, -0.1) is 0 Å². The van der Waals surface area contributed by atoms with Crippen molar-refractivity contribution in [3.8, 4) is 5.75 Å². The molecule has 0 bridgehead atoms. The number of benzene rings is 1. The van der Waals surface area contributed by atoms with E-state index in [9.17, 15) is 14.3 Å². The number of phenols is 1. The second-order valence-electron chi connectivity index (χ2n) is 4.23. The summed E-state index contributed by atoms with van der Waals surface area (Å²) in [7, 11) is 0. The number of carbonyl (C=O) groups excluding carboxylic acids is 1. The SMILES string of the molecule is O=C=NC1(c2cc(Br)c(F)cc2O)CCCC1. The molecule has 0 saturated heterocycles. The van der Waals surface area contributed by atoms with Crippen molar-refractivity contribution in [1.29, 1.82) is 0 Å². The number of isocyanates is 1. The van der Waals surface area contributed by atoms with Crippen LogP contribution >= 0.6 is 15.9 Å². The zero-order valence-corrected chi connectivity index (χ0v) is 10.6. The molecule has 0 aromatic heterocycles. The van der Waals surface area contributed by atoms with Crippen molar-refractivity contribution >= 4 is 22.0 Å². The Morgan fingerprint density at radius 2 is 2.06 bits per heavy atom. The Kier molecular flexibility index (Phi) is 3.31. The molecule has 90 valence electrons. The fraction of sp³-hybridized carbons (Fsp3) is 0.417. The third kappa shape index (κ3) is 2.13. The molecular weight excluding hydrogens is 289 g/mol. The van der Waals surface area contributed by atoms with E-state index in [1.807, 2.05) is 0 Å². The van der Waals surface area contributed by atoms with Gasteiger partial charge < -0.3 is 5.11 Å². The first-order valence-corrected chi connectivity index (χ1v) is 6.16. The lowest BCUT2D eigenvalue weighted by Gasteiger charge is -2.24. The molecule has 1 saturated carbocycles. The second kappa shape index (κ2) is 4.59. The number of rotatable bonds is 2. The summed E-state index contributed by atoms with van der Waals surface area (Å²) in [5, 5.41) is 9.82. The van der Waals surface area contributed by atoms with Crippen LogP contribution < -0.4 is 0 Å². The van der Waals surface area contributed by atoms with E-state index in [0.717, 1.165) is 18.9 Å². The quantitative estimate of drug-likeness (QED) is 0.672. The molecule has 1 N–H and O–H groups in total. The maximum absolute atomic E-state index is 13.2. The molecule has 1 fully saturated rings. The van der Waals surface area contributed by atoms with Gasteiger partial charge in [-0.1, -0.05) is 12.8 Å². The molecule has 0 heterocycles. The monoisotopic (exact) mass is 299 g/mol. The van der Waals surface area contributed by atoms with Gasteiger partial charge in [-0.3, -0.25) is 0 Å². The minimum Gasteiger partial charge on any atom is -0.507 e. The Hall–Kier alpha value is -1.19. The van der Waals surface area contributed by atoms with Gasteiger partial charge in [-0.25, -0.2) is 9.18 Å². The summed E-state index contributed by atoms with van der Waals surface area (Å²) >= 11 is 3.08. The fourth-order valence-corrected chi connectivity index (χ4v) is 2.74. The van der Waals surface area contributed by atoms with Crippen molar-refractivity contribution < 1.29 is 14.3 Å². The lowest BCUT2D eigenvalue weighted by Crippen LogP contribution is -2.19. The third-order valence-electron chi connectivity index (χ3n) is 3.23. The molecule has 0 radical (unpaired) electrons. The van der Waals surface area contributed by atoms with Gasteiger partial charge in [0.15, 0.2) is 0 Å². The largest absolute Gasteiger partial charge is 0.507 e. The molecule has 1 aromatic carbocycles. The van der Waals surface area contributed by atoms with Crippen molar-refractivity contribution in [2.45, 2.75) is 31.2 Å². The first-order valence-electron chi connectivity index (χ1n) is 5.36. The van der Waals surface area contributed by atoms with Gasteiger partial charge in [-0.2, -0.15) is 4.99 Å². The van der Waals surface area contributed by atoms with Crippen LogP contribution in [0.4, 0.5) is 4.39 Å². The van der Waals surface area contributed by atoms with E-state index in [1.54, 1.807) is 6.08 Å². The summed E-state index contributed by atoms with van der Waals surface area (Å²) in [4.78, 5) is 14.4. The molecule has 0 unspecified atom stereocenters. The van der Waals surface area contributed by atoms with Gasteiger partial charge in [0.25, 0.3) is 0 Å². The number of hydrogen-bond acceptors (Lipinski definition) is 3. The molecule has 5 heteroatoms. The van der Waals surface area contributed by atoms with Crippen LogP contribution in [0.5, 0.6) is 5.75 Å². The predicted octanol–water partition coefficient (Wildman–Crippen LogP) is 3.40. The Morgan fingerprint density at radius 1 is 1.41 bits per heavy atom. The molecule has 17 heavy (non-hydrogen) atoms. The average Bonchev–Trinajstić information content (AvgIpc) is 2.73. The highest BCUT2D eigenvalue weighted by Crippen LogP contribution is 2.46. The van der Waals surface area contributed by atoms with E-state index in [1.165, 1.54) is 6.07 Å². The zero-order valence-electron chi connectivity index (χ0n) is 9.04. The second-order valence-corrected chi connectivity index (χ2v) is 5.08. The van der Waals surface area contributed by atoms with Crippen molar-refractivity contribution in [2.75, 3.05) is 0 Å². The van der Waals surface area contributed by atoms with Crippen LogP contribution in [-0.2, 0) is 10.3 Å². The maximum atomic E-state index is 13.2. The number of nitrogens with zero attached hydrogens (tertiary/aromatic N) is 1. The van der Waals surface area contributed by atoms with Crippen molar-refractivity contribution in [3.63, 3.8) is 0 Å². The van der Waals surface area contributed by atoms with E-state index in [2.05, 4.69) is 20.9 Å². The van der Waals surface area contributed by atoms with Crippen LogP contribution in [0.25, 0.3) is 0 Å². The van der Waals surface area contributed by atoms with E-state index >= 15 is 0 Å². The Morgan fingerprint density at radius 3 is 2.65 bits per heavy atom. The lowest BCUT2D eigenvalue weighted by molar-refractivity contribution is 0.405. The number of aliphatic imine (C=N–C) groups is 1. The Bertz CT molecular complexity index is 492. The first-order chi connectivity index (χ1) is 8.09. The maximum Gasteiger partial charge on any atom is 0.235 e. The molecule has 0 aliphatic heterocycles. The van der Waals surface area contributed by atoms with Crippen LogP contribution in [0.3, 0.4) is 0 Å². The van der Waals surface area contributed by atoms with E-state index < -0.39 is 11.4 Å². The smallest absolute Gasteiger partial charge is 0.235 e. The van der Waals surface area contributed by atoms with Gasteiger partial charge in [-0.05, 0) is 34.8 Å². The summed E-state index contributed by atoms with van der Waals surface area (Å²) < 4.78 is 13.5. The molecule has 1 aliphatic carbocycles. The Labute approximate surface area is 106 Å². The van der Waals surface area contributed by atoms with Crippen LogP contribution in [0.15, 0.2) is 21.6 Å². The lowest BCUT2D eigenvalue weighted by atomic mass is 9.88. The number of halogens is 2. The minimum absolute atomic E-state index is 0.161. The Balaban J connectivity index is 2.57. The van der Waals surface area contributed by atoms with Crippen LogP contribution in [0.1, 0.15) is 31.2 Å². The number of aromatic hydroxyl groups is 1. The van der Waals surface area contributed by atoms with E-state index in [-0.39, 0.29) is 10.2 Å². The van der Waals surface area contributed by atoms with Gasteiger partial charge in [0, 0.05) is 11.6 Å². The predicted molar refractivity (Wildman–Crippen MR) is 64.0 cm³/mol. The summed E-state index contributed by atoms with van der Waals surface area (Å²) in [6.45, 7) is 0. The third-order valence-corrected chi connectivity index (χ3v) is 3.84. The topological polar surface area (TPSA) is 49.7 Å². The van der Waals surface area contributed by atoms with Gasteiger partial charge in [0.2, 0.25) is 6.08 Å². The molecule has 0 amide bonds. The van der Waals surface area contributed by atoms with Crippen molar-refractivity contribution in [2.24, 2.45) is 4.99 Å². The normalized spacial score (nSPS) is 17.8. The number of phenolic OH excluding ortho intramolecular Hbond substituents is 1. The molecule has 0 atom stereocenters. The highest BCUT2D eigenvalue weighted by Gasteiger charge is 2.38. The van der Waals surface area contributed by atoms with Gasteiger partial charge in [0.1, 0.15) is 17.1 Å².